The van der Waals surface area contributed by atoms with E-state index in [1.807, 2.05) is 42.2 Å². The Morgan fingerprint density at radius 1 is 1.00 bits per heavy atom. The van der Waals surface area contributed by atoms with Gasteiger partial charge < -0.3 is 15.1 Å². The van der Waals surface area contributed by atoms with Crippen LogP contribution in [0.3, 0.4) is 0 Å². The summed E-state index contributed by atoms with van der Waals surface area (Å²) in [5.41, 5.74) is 3.16. The van der Waals surface area contributed by atoms with Crippen LogP contribution in [0.2, 0.25) is 5.02 Å². The fourth-order valence-electron chi connectivity index (χ4n) is 4.46. The molecule has 2 aromatic heterocycles. The maximum Gasteiger partial charge on any atom is 0.324 e. The molecule has 200 valence electrons. The minimum atomic E-state index is -0.420. The lowest BCUT2D eigenvalue weighted by molar-refractivity contribution is -0.132. The van der Waals surface area contributed by atoms with Crippen LogP contribution in [0.5, 0.6) is 0 Å². The third-order valence-electron chi connectivity index (χ3n) is 6.90. The number of hydrogen-bond acceptors (Lipinski definition) is 5. The van der Waals surface area contributed by atoms with E-state index in [0.717, 1.165) is 29.8 Å². The number of pyridine rings is 1. The SMILES string of the molecule is Cc1ccc(-n2nc(C(C)(C)C)cc2NC(=O)Nc2cnc(N3CCN(C(=O)C4CC4)CC3)c(Cl)c2)cc1. The van der Waals surface area contributed by atoms with Crippen LogP contribution < -0.4 is 15.5 Å². The van der Waals surface area contributed by atoms with Gasteiger partial charge in [0.1, 0.15) is 11.6 Å². The van der Waals surface area contributed by atoms with Gasteiger partial charge in [-0.05, 0) is 38.0 Å². The zero-order chi connectivity index (χ0) is 27.0. The minimum Gasteiger partial charge on any atom is -0.352 e. The van der Waals surface area contributed by atoms with E-state index in [2.05, 4.69) is 41.3 Å². The van der Waals surface area contributed by atoms with E-state index in [0.29, 0.717) is 48.5 Å². The van der Waals surface area contributed by atoms with Crippen molar-refractivity contribution >= 4 is 40.9 Å². The van der Waals surface area contributed by atoms with Crippen LogP contribution in [-0.2, 0) is 10.2 Å². The molecule has 0 bridgehead atoms. The molecule has 5 rings (SSSR count). The van der Waals surface area contributed by atoms with E-state index < -0.39 is 6.03 Å². The average Bonchev–Trinajstić information content (AvgIpc) is 3.64. The van der Waals surface area contributed by atoms with Gasteiger partial charge in [-0.1, -0.05) is 50.1 Å². The lowest BCUT2D eigenvalue weighted by Crippen LogP contribution is -2.49. The molecule has 0 radical (unpaired) electrons. The van der Waals surface area contributed by atoms with Crippen molar-refractivity contribution in [1.29, 1.82) is 0 Å². The summed E-state index contributed by atoms with van der Waals surface area (Å²) in [5, 5.41) is 11.0. The highest BCUT2D eigenvalue weighted by Crippen LogP contribution is 2.32. The molecule has 2 fully saturated rings. The van der Waals surface area contributed by atoms with E-state index in [1.54, 1.807) is 16.9 Å². The quantitative estimate of drug-likeness (QED) is 0.466. The zero-order valence-corrected chi connectivity index (χ0v) is 23.0. The third kappa shape index (κ3) is 5.78. The second kappa shape index (κ2) is 10.3. The highest BCUT2D eigenvalue weighted by molar-refractivity contribution is 6.33. The number of benzene rings is 1. The fraction of sp³-hybridized carbons (Fsp3) is 0.429. The average molecular weight is 536 g/mol. The normalized spacial score (nSPS) is 15.9. The number of carbonyl (C=O) groups excluding carboxylic acids is 2. The van der Waals surface area contributed by atoms with E-state index in [9.17, 15) is 9.59 Å². The summed E-state index contributed by atoms with van der Waals surface area (Å²) in [6.07, 6.45) is 3.63. The Labute approximate surface area is 228 Å². The summed E-state index contributed by atoms with van der Waals surface area (Å²) in [4.78, 5) is 33.8. The third-order valence-corrected chi connectivity index (χ3v) is 7.17. The van der Waals surface area contributed by atoms with Crippen LogP contribution in [-0.4, -0.2) is 57.8 Å². The van der Waals surface area contributed by atoms with Crippen molar-refractivity contribution in [2.75, 3.05) is 41.7 Å². The summed E-state index contributed by atoms with van der Waals surface area (Å²) in [6.45, 7) is 11.0. The Morgan fingerprint density at radius 2 is 1.68 bits per heavy atom. The molecular weight excluding hydrogens is 502 g/mol. The van der Waals surface area contributed by atoms with Crippen LogP contribution in [0.1, 0.15) is 44.9 Å². The van der Waals surface area contributed by atoms with Crippen molar-refractivity contribution in [3.63, 3.8) is 0 Å². The molecule has 38 heavy (non-hydrogen) atoms. The molecule has 1 saturated carbocycles. The first-order valence-electron chi connectivity index (χ1n) is 13.0. The molecule has 3 heterocycles. The molecule has 2 aliphatic rings. The first kappa shape index (κ1) is 26.0. The molecule has 1 aliphatic heterocycles. The molecule has 3 aromatic rings. The number of carbonyl (C=O) groups is 2. The molecule has 1 aromatic carbocycles. The minimum absolute atomic E-state index is 0.188. The zero-order valence-electron chi connectivity index (χ0n) is 22.3. The molecule has 2 N–H and O–H groups in total. The van der Waals surface area contributed by atoms with Crippen molar-refractivity contribution in [3.05, 3.63) is 58.9 Å². The van der Waals surface area contributed by atoms with Crippen LogP contribution in [0.15, 0.2) is 42.6 Å². The summed E-state index contributed by atoms with van der Waals surface area (Å²) in [5.74, 6) is 1.72. The van der Waals surface area contributed by atoms with Crippen molar-refractivity contribution in [1.82, 2.24) is 19.7 Å². The highest BCUT2D eigenvalue weighted by Gasteiger charge is 2.35. The lowest BCUT2D eigenvalue weighted by atomic mass is 9.92. The van der Waals surface area contributed by atoms with Gasteiger partial charge in [0.25, 0.3) is 0 Å². The number of aryl methyl sites for hydroxylation is 1. The Hall–Kier alpha value is -3.59. The number of amides is 3. The Bertz CT molecular complexity index is 1330. The first-order chi connectivity index (χ1) is 18.1. The first-order valence-corrected chi connectivity index (χ1v) is 13.4. The van der Waals surface area contributed by atoms with E-state index in [-0.39, 0.29) is 17.2 Å². The molecule has 3 amide bonds. The standard InChI is InChI=1S/C28H34ClN7O2/c1-18-5-9-21(10-6-18)36-24(16-23(33-36)28(2,3)4)32-27(38)31-20-15-22(29)25(30-17-20)34-11-13-35(14-12-34)26(37)19-7-8-19/h5-6,9-10,15-17,19H,7-8,11-14H2,1-4H3,(H2,31,32,38). The van der Waals surface area contributed by atoms with Crippen molar-refractivity contribution < 1.29 is 9.59 Å². The molecule has 0 unspecified atom stereocenters. The lowest BCUT2D eigenvalue weighted by Gasteiger charge is -2.36. The number of aromatic nitrogens is 3. The number of nitrogens with one attached hydrogen (secondary N) is 2. The maximum absolute atomic E-state index is 13.0. The summed E-state index contributed by atoms with van der Waals surface area (Å²) < 4.78 is 1.74. The van der Waals surface area contributed by atoms with Gasteiger partial charge >= 0.3 is 6.03 Å². The second-order valence-electron chi connectivity index (χ2n) is 11.1. The molecule has 0 atom stereocenters. The van der Waals surface area contributed by atoms with Gasteiger partial charge in [-0.15, -0.1) is 0 Å². The molecule has 1 aliphatic carbocycles. The molecule has 9 nitrogen and oxygen atoms in total. The van der Waals surface area contributed by atoms with Crippen LogP contribution in [0.4, 0.5) is 22.1 Å². The van der Waals surface area contributed by atoms with Crippen LogP contribution in [0, 0.1) is 12.8 Å². The van der Waals surface area contributed by atoms with Gasteiger partial charge in [0, 0.05) is 43.6 Å². The highest BCUT2D eigenvalue weighted by atomic mass is 35.5. The van der Waals surface area contributed by atoms with E-state index in [1.165, 1.54) is 0 Å². The Balaban J connectivity index is 1.26. The maximum atomic E-state index is 13.0. The molecule has 10 heteroatoms. The molecular formula is C28H34ClN7O2. The number of piperazine rings is 1. The largest absolute Gasteiger partial charge is 0.352 e. The van der Waals surface area contributed by atoms with E-state index >= 15 is 0 Å². The van der Waals surface area contributed by atoms with Crippen molar-refractivity contribution in [3.8, 4) is 5.69 Å². The van der Waals surface area contributed by atoms with Gasteiger partial charge in [-0.3, -0.25) is 10.1 Å². The molecule has 0 spiro atoms. The van der Waals surface area contributed by atoms with Gasteiger partial charge in [0.05, 0.1) is 28.3 Å². The van der Waals surface area contributed by atoms with Crippen molar-refractivity contribution in [2.45, 2.75) is 46.0 Å². The van der Waals surface area contributed by atoms with Crippen molar-refractivity contribution in [2.24, 2.45) is 5.92 Å². The number of nitrogens with zero attached hydrogens (tertiary/aromatic N) is 5. The smallest absolute Gasteiger partial charge is 0.324 e. The van der Waals surface area contributed by atoms with Crippen LogP contribution >= 0.6 is 11.6 Å². The predicted molar refractivity (Wildman–Crippen MR) is 150 cm³/mol. The number of hydrogen-bond donors (Lipinski definition) is 2. The number of rotatable bonds is 5. The fourth-order valence-corrected chi connectivity index (χ4v) is 4.74. The van der Waals surface area contributed by atoms with E-state index in [4.69, 9.17) is 16.7 Å². The summed E-state index contributed by atoms with van der Waals surface area (Å²) in [6, 6.07) is 11.1. The van der Waals surface area contributed by atoms with Gasteiger partial charge in [0.15, 0.2) is 0 Å². The van der Waals surface area contributed by atoms with Crippen LogP contribution in [0.25, 0.3) is 5.69 Å². The Morgan fingerprint density at radius 3 is 2.29 bits per heavy atom. The monoisotopic (exact) mass is 535 g/mol. The number of anilines is 3. The Kier molecular flexibility index (Phi) is 7.05. The number of halogens is 1. The predicted octanol–water partition coefficient (Wildman–Crippen LogP) is 5.23. The van der Waals surface area contributed by atoms with Gasteiger partial charge in [0.2, 0.25) is 5.91 Å². The second-order valence-corrected chi connectivity index (χ2v) is 11.5. The topological polar surface area (TPSA) is 95.4 Å². The molecule has 1 saturated heterocycles. The van der Waals surface area contributed by atoms with Gasteiger partial charge in [-0.2, -0.15) is 5.10 Å². The summed E-state index contributed by atoms with van der Waals surface area (Å²) >= 11 is 6.57. The van der Waals surface area contributed by atoms with Gasteiger partial charge in [-0.25, -0.2) is 14.5 Å². The number of urea groups is 1. The summed E-state index contributed by atoms with van der Waals surface area (Å²) in [7, 11) is 0.